The molecule has 8 heteroatoms. The van der Waals surface area contributed by atoms with Crippen LogP contribution < -0.4 is 0 Å². The summed E-state index contributed by atoms with van der Waals surface area (Å²) in [5, 5.41) is 13.6. The normalized spacial score (nSPS) is 11.6. The van der Waals surface area contributed by atoms with Gasteiger partial charge in [0.2, 0.25) is 4.77 Å². The number of benzene rings is 2. The Morgan fingerprint density at radius 3 is 2.84 bits per heavy atom. The fraction of sp³-hybridized carbons (Fsp3) is 0. The molecular formula is C17H11Cl2N5S. The molecule has 5 nitrogen and oxygen atoms in total. The number of rotatable bonds is 3. The third-order valence-corrected chi connectivity index (χ3v) is 4.57. The number of H-pyrrole nitrogens is 2. The van der Waals surface area contributed by atoms with Crippen molar-refractivity contribution in [1.29, 1.82) is 0 Å². The van der Waals surface area contributed by atoms with Gasteiger partial charge < -0.3 is 4.98 Å². The quantitative estimate of drug-likeness (QED) is 0.371. The molecular weight excluding hydrogens is 377 g/mol. The highest BCUT2D eigenvalue weighted by atomic mass is 35.5. The zero-order valence-corrected chi connectivity index (χ0v) is 15.0. The van der Waals surface area contributed by atoms with Gasteiger partial charge in [0.05, 0.1) is 11.2 Å². The van der Waals surface area contributed by atoms with Crippen LogP contribution in [0.2, 0.25) is 10.0 Å². The van der Waals surface area contributed by atoms with E-state index in [1.54, 1.807) is 24.4 Å². The van der Waals surface area contributed by atoms with E-state index in [2.05, 4.69) is 20.3 Å². The number of aromatic nitrogens is 4. The molecule has 4 aromatic rings. The van der Waals surface area contributed by atoms with Crippen molar-refractivity contribution in [3.8, 4) is 11.4 Å². The summed E-state index contributed by atoms with van der Waals surface area (Å²) >= 11 is 17.5. The highest BCUT2D eigenvalue weighted by Crippen LogP contribution is 2.29. The summed E-state index contributed by atoms with van der Waals surface area (Å²) in [5.41, 5.74) is 2.68. The van der Waals surface area contributed by atoms with E-state index >= 15 is 0 Å². The Bertz CT molecular complexity index is 1160. The molecule has 0 spiro atoms. The molecule has 2 heterocycles. The van der Waals surface area contributed by atoms with Crippen LogP contribution in [0.25, 0.3) is 22.3 Å². The van der Waals surface area contributed by atoms with Gasteiger partial charge in [0.25, 0.3) is 0 Å². The van der Waals surface area contributed by atoms with E-state index in [9.17, 15) is 0 Å². The summed E-state index contributed by atoms with van der Waals surface area (Å²) in [6, 6.07) is 13.2. The number of nitrogens with one attached hydrogen (secondary N) is 2. The predicted molar refractivity (Wildman–Crippen MR) is 104 cm³/mol. The average Bonchev–Trinajstić information content (AvgIpc) is 3.17. The molecule has 0 saturated heterocycles. The molecule has 0 radical (unpaired) electrons. The van der Waals surface area contributed by atoms with Gasteiger partial charge in [-0.05, 0) is 36.5 Å². The highest BCUT2D eigenvalue weighted by molar-refractivity contribution is 7.71. The maximum absolute atomic E-state index is 6.28. The van der Waals surface area contributed by atoms with Crippen LogP contribution >= 0.6 is 35.4 Å². The van der Waals surface area contributed by atoms with Gasteiger partial charge >= 0.3 is 0 Å². The zero-order valence-electron chi connectivity index (χ0n) is 12.7. The van der Waals surface area contributed by atoms with Crippen LogP contribution in [0.4, 0.5) is 0 Å². The van der Waals surface area contributed by atoms with Crippen LogP contribution in [0.1, 0.15) is 5.56 Å². The van der Waals surface area contributed by atoms with Gasteiger partial charge in [-0.1, -0.05) is 41.4 Å². The van der Waals surface area contributed by atoms with Gasteiger partial charge in [0, 0.05) is 33.2 Å². The molecule has 0 unspecified atom stereocenters. The second-order valence-electron chi connectivity index (χ2n) is 5.32. The van der Waals surface area contributed by atoms with Crippen LogP contribution in [-0.4, -0.2) is 26.1 Å². The maximum atomic E-state index is 6.28. The van der Waals surface area contributed by atoms with Crippen molar-refractivity contribution in [2.24, 2.45) is 5.10 Å². The van der Waals surface area contributed by atoms with Crippen LogP contribution in [0.3, 0.4) is 0 Å². The Hall–Kier alpha value is -2.41. The minimum atomic E-state index is 0.372. The van der Waals surface area contributed by atoms with Gasteiger partial charge in [-0.25, -0.2) is 5.10 Å². The van der Waals surface area contributed by atoms with Crippen molar-refractivity contribution < 1.29 is 0 Å². The van der Waals surface area contributed by atoms with Crippen molar-refractivity contribution in [3.63, 3.8) is 0 Å². The van der Waals surface area contributed by atoms with Crippen LogP contribution in [0, 0.1) is 4.77 Å². The van der Waals surface area contributed by atoms with Gasteiger partial charge in [-0.15, -0.1) is 0 Å². The molecule has 2 aromatic carbocycles. The molecule has 0 atom stereocenters. The minimum absolute atomic E-state index is 0.372. The Balaban J connectivity index is 1.79. The minimum Gasteiger partial charge on any atom is -0.361 e. The maximum Gasteiger partial charge on any atom is 0.216 e. The second-order valence-corrected chi connectivity index (χ2v) is 6.55. The Labute approximate surface area is 157 Å². The molecule has 0 saturated carbocycles. The van der Waals surface area contributed by atoms with Crippen LogP contribution in [0.5, 0.6) is 0 Å². The lowest BCUT2D eigenvalue weighted by molar-refractivity contribution is 0.872. The van der Waals surface area contributed by atoms with E-state index in [1.807, 2.05) is 30.5 Å². The monoisotopic (exact) mass is 387 g/mol. The van der Waals surface area contributed by atoms with Crippen molar-refractivity contribution in [1.82, 2.24) is 19.9 Å². The average molecular weight is 388 g/mol. The van der Waals surface area contributed by atoms with E-state index in [-0.39, 0.29) is 0 Å². The van der Waals surface area contributed by atoms with Crippen molar-refractivity contribution >= 4 is 52.5 Å². The third-order valence-electron chi connectivity index (χ3n) is 3.76. The van der Waals surface area contributed by atoms with Gasteiger partial charge in [0.1, 0.15) is 0 Å². The molecule has 2 N–H and O–H groups in total. The second kappa shape index (κ2) is 6.48. The zero-order chi connectivity index (χ0) is 17.4. The molecule has 4 rings (SSSR count). The topological polar surface area (TPSA) is 61.8 Å². The molecule has 0 bridgehead atoms. The van der Waals surface area contributed by atoms with Gasteiger partial charge in [-0.3, -0.25) is 0 Å². The molecule has 2 aromatic heterocycles. The summed E-state index contributed by atoms with van der Waals surface area (Å²) in [5.74, 6) is 0.516. The van der Waals surface area contributed by atoms with Crippen molar-refractivity contribution in [3.05, 3.63) is 69.0 Å². The first-order chi connectivity index (χ1) is 12.1. The first kappa shape index (κ1) is 16.1. The lowest BCUT2D eigenvalue weighted by Crippen LogP contribution is -1.95. The third kappa shape index (κ3) is 3.00. The molecule has 0 aliphatic heterocycles. The molecule has 0 fully saturated rings. The first-order valence-electron chi connectivity index (χ1n) is 7.37. The fourth-order valence-electron chi connectivity index (χ4n) is 2.56. The van der Waals surface area contributed by atoms with Crippen LogP contribution in [0.15, 0.2) is 53.8 Å². The summed E-state index contributed by atoms with van der Waals surface area (Å²) < 4.78 is 1.91. The Kier molecular flexibility index (Phi) is 4.17. The summed E-state index contributed by atoms with van der Waals surface area (Å²) in [6.45, 7) is 0. The number of hydrogen-bond donors (Lipinski definition) is 2. The van der Waals surface area contributed by atoms with E-state index in [0.717, 1.165) is 16.5 Å². The van der Waals surface area contributed by atoms with Crippen molar-refractivity contribution in [2.45, 2.75) is 0 Å². The lowest BCUT2D eigenvalue weighted by Gasteiger charge is -2.03. The smallest absolute Gasteiger partial charge is 0.216 e. The largest absolute Gasteiger partial charge is 0.361 e. The number of hydrogen-bond acceptors (Lipinski definition) is 3. The van der Waals surface area contributed by atoms with Crippen LogP contribution in [-0.2, 0) is 0 Å². The molecule has 0 aliphatic carbocycles. The number of aromatic amines is 2. The molecule has 0 aliphatic rings. The van der Waals surface area contributed by atoms with E-state index in [0.29, 0.717) is 26.2 Å². The number of para-hydroxylation sites is 1. The Morgan fingerprint density at radius 1 is 1.16 bits per heavy atom. The SMILES string of the molecule is S=c1[nH]nc(-c2ccc(Cl)cc2Cl)n1N=Cc1c[nH]c2ccccc12. The fourth-order valence-corrected chi connectivity index (χ4v) is 3.24. The summed E-state index contributed by atoms with van der Waals surface area (Å²) in [4.78, 5) is 3.21. The lowest BCUT2D eigenvalue weighted by atomic mass is 10.2. The standard InChI is InChI=1S/C17H11Cl2N5S/c18-11-5-6-13(14(19)7-11)16-22-23-17(25)24(16)21-9-10-8-20-15-4-2-1-3-12(10)15/h1-9,20H,(H,23,25). The summed E-state index contributed by atoms with van der Waals surface area (Å²) in [7, 11) is 0. The van der Waals surface area contributed by atoms with Gasteiger partial charge in [-0.2, -0.15) is 14.9 Å². The number of halogens is 2. The van der Waals surface area contributed by atoms with E-state index in [1.165, 1.54) is 4.68 Å². The Morgan fingerprint density at radius 2 is 2.00 bits per heavy atom. The van der Waals surface area contributed by atoms with E-state index in [4.69, 9.17) is 35.4 Å². The van der Waals surface area contributed by atoms with Gasteiger partial charge in [0.15, 0.2) is 5.82 Å². The van der Waals surface area contributed by atoms with Crippen molar-refractivity contribution in [2.75, 3.05) is 0 Å². The summed E-state index contributed by atoms with van der Waals surface area (Å²) in [6.07, 6.45) is 3.63. The first-order valence-corrected chi connectivity index (χ1v) is 8.53. The molecule has 124 valence electrons. The predicted octanol–water partition coefficient (Wildman–Crippen LogP) is 5.28. The molecule has 25 heavy (non-hydrogen) atoms. The molecule has 0 amide bonds. The number of fused-ring (bicyclic) bond motifs is 1. The highest BCUT2D eigenvalue weighted by Gasteiger charge is 2.12. The van der Waals surface area contributed by atoms with E-state index < -0.39 is 0 Å². The number of nitrogens with zero attached hydrogens (tertiary/aromatic N) is 3.